The normalized spacial score (nSPS) is 15.4. The Balaban J connectivity index is 1.49. The van der Waals surface area contributed by atoms with Crippen molar-refractivity contribution in [3.8, 4) is 0 Å². The summed E-state index contributed by atoms with van der Waals surface area (Å²) in [6, 6.07) is 12.8. The van der Waals surface area contributed by atoms with Crippen LogP contribution in [0.2, 0.25) is 0 Å². The van der Waals surface area contributed by atoms with Crippen LogP contribution in [0, 0.1) is 0 Å². The van der Waals surface area contributed by atoms with Crippen LogP contribution in [0.25, 0.3) is 10.8 Å². The summed E-state index contributed by atoms with van der Waals surface area (Å²) in [5.74, 6) is 1.05. The lowest BCUT2D eigenvalue weighted by molar-refractivity contribution is -0.136. The zero-order valence-corrected chi connectivity index (χ0v) is 16.7. The number of hydrogen-bond acceptors (Lipinski definition) is 6. The number of hydrogen-bond donors (Lipinski definition) is 2. The van der Waals surface area contributed by atoms with Crippen LogP contribution in [0.1, 0.15) is 42.0 Å². The van der Waals surface area contributed by atoms with E-state index in [1.54, 1.807) is 0 Å². The fourth-order valence-electron chi connectivity index (χ4n) is 3.74. The Kier molecular flexibility index (Phi) is 4.85. The minimum Gasteiger partial charge on any atom is -0.481 e. The second kappa shape index (κ2) is 7.65. The third kappa shape index (κ3) is 3.80. The molecule has 148 valence electrons. The van der Waals surface area contributed by atoms with Crippen LogP contribution in [0.3, 0.4) is 0 Å². The summed E-state index contributed by atoms with van der Waals surface area (Å²) < 4.78 is 5.59. The van der Waals surface area contributed by atoms with Crippen molar-refractivity contribution in [2.75, 3.05) is 11.1 Å². The van der Waals surface area contributed by atoms with Crippen LogP contribution in [-0.4, -0.2) is 26.8 Å². The van der Waals surface area contributed by atoms with Gasteiger partial charge in [0.05, 0.1) is 25.3 Å². The van der Waals surface area contributed by atoms with Gasteiger partial charge in [-0.25, -0.2) is 9.97 Å². The summed E-state index contributed by atoms with van der Waals surface area (Å²) in [6.07, 6.45) is 2.62. The van der Waals surface area contributed by atoms with Gasteiger partial charge in [-0.1, -0.05) is 42.1 Å². The molecule has 0 spiro atoms. The first-order chi connectivity index (χ1) is 14.2. The van der Waals surface area contributed by atoms with E-state index >= 15 is 0 Å². The van der Waals surface area contributed by atoms with Crippen molar-refractivity contribution in [2.24, 2.45) is 0 Å². The van der Waals surface area contributed by atoms with Gasteiger partial charge in [0.2, 0.25) is 0 Å². The highest BCUT2D eigenvalue weighted by Gasteiger charge is 2.26. The molecule has 0 atom stereocenters. The maximum atomic E-state index is 10.8. The number of benzene rings is 2. The largest absolute Gasteiger partial charge is 0.481 e. The molecule has 0 amide bonds. The molecule has 2 aliphatic rings. The molecular formula is C22H21N3O3S. The topological polar surface area (TPSA) is 84.3 Å². The second-order valence-corrected chi connectivity index (χ2v) is 8.47. The van der Waals surface area contributed by atoms with Gasteiger partial charge in [-0.2, -0.15) is 0 Å². The van der Waals surface area contributed by atoms with Gasteiger partial charge in [-0.05, 0) is 35.8 Å². The highest BCUT2D eigenvalue weighted by molar-refractivity contribution is 7.99. The summed E-state index contributed by atoms with van der Waals surface area (Å²) in [6.45, 7) is 0.941. The Hall–Kier alpha value is -2.64. The average Bonchev–Trinajstić information content (AvgIpc) is 3.44. The molecule has 6 nitrogen and oxygen atoms in total. The molecule has 2 heterocycles. The van der Waals surface area contributed by atoms with Crippen molar-refractivity contribution in [3.63, 3.8) is 0 Å². The van der Waals surface area contributed by atoms with Crippen molar-refractivity contribution in [2.45, 2.75) is 43.6 Å². The molecule has 0 unspecified atom stereocenters. The number of fused-ring (bicyclic) bond motifs is 2. The number of rotatable bonds is 7. The molecular weight excluding hydrogens is 386 g/mol. The van der Waals surface area contributed by atoms with Crippen LogP contribution in [0.5, 0.6) is 0 Å². The number of anilines is 2. The van der Waals surface area contributed by atoms with Crippen molar-refractivity contribution in [1.82, 2.24) is 9.97 Å². The third-order valence-corrected chi connectivity index (χ3v) is 6.18. The summed E-state index contributed by atoms with van der Waals surface area (Å²) in [7, 11) is 0. The first-order valence-corrected chi connectivity index (χ1v) is 10.8. The van der Waals surface area contributed by atoms with E-state index in [1.165, 1.54) is 40.9 Å². The van der Waals surface area contributed by atoms with Gasteiger partial charge in [-0.3, -0.25) is 4.79 Å². The quantitative estimate of drug-likeness (QED) is 0.428. The maximum Gasteiger partial charge on any atom is 0.304 e. The number of ether oxygens (including phenoxy) is 1. The number of carboxylic acid groups (broad SMARTS) is 1. The Morgan fingerprint density at radius 3 is 2.76 bits per heavy atom. The van der Waals surface area contributed by atoms with E-state index in [4.69, 9.17) is 9.84 Å². The molecule has 1 aromatic heterocycles. The van der Waals surface area contributed by atoms with Gasteiger partial charge in [0, 0.05) is 22.4 Å². The van der Waals surface area contributed by atoms with Crippen LogP contribution in [0.4, 0.5) is 11.5 Å². The van der Waals surface area contributed by atoms with E-state index in [1.807, 2.05) is 0 Å². The Bertz CT molecular complexity index is 1100. The van der Waals surface area contributed by atoms with E-state index in [9.17, 15) is 4.79 Å². The van der Waals surface area contributed by atoms with E-state index in [-0.39, 0.29) is 6.42 Å². The monoisotopic (exact) mass is 407 g/mol. The zero-order valence-electron chi connectivity index (χ0n) is 15.9. The van der Waals surface area contributed by atoms with E-state index in [2.05, 4.69) is 51.7 Å². The van der Waals surface area contributed by atoms with Crippen molar-refractivity contribution >= 4 is 40.0 Å². The lowest BCUT2D eigenvalue weighted by Crippen LogP contribution is -2.05. The number of thioether (sulfide) groups is 1. The lowest BCUT2D eigenvalue weighted by Gasteiger charge is -2.15. The molecule has 1 aliphatic carbocycles. The van der Waals surface area contributed by atoms with E-state index in [0.29, 0.717) is 30.0 Å². The fraction of sp³-hybridized carbons (Fsp3) is 0.318. The predicted molar refractivity (Wildman–Crippen MR) is 113 cm³/mol. The molecule has 29 heavy (non-hydrogen) atoms. The zero-order chi connectivity index (χ0) is 19.8. The van der Waals surface area contributed by atoms with Gasteiger partial charge < -0.3 is 15.2 Å². The Labute approximate surface area is 172 Å². The second-order valence-electron chi connectivity index (χ2n) is 7.41. The number of nitrogens with one attached hydrogen (secondary N) is 1. The standard InChI is InChI=1S/C22H21N3O3S/c26-20(27)9-10-29-22-24-19-12-28-11-17(19)21(25-22)23-18-8-7-14(13-5-6-13)15-3-1-2-4-16(15)18/h1-4,7-8,13H,5-6,9-12H2,(H,26,27)(H,23,24,25). The van der Waals surface area contributed by atoms with Crippen LogP contribution >= 0.6 is 11.8 Å². The minimum absolute atomic E-state index is 0.0810. The molecule has 3 aromatic rings. The smallest absolute Gasteiger partial charge is 0.304 e. The highest BCUT2D eigenvalue weighted by Crippen LogP contribution is 2.44. The summed E-state index contributed by atoms with van der Waals surface area (Å²) in [4.78, 5) is 20.0. The van der Waals surface area contributed by atoms with Crippen molar-refractivity contribution in [3.05, 3.63) is 53.2 Å². The van der Waals surface area contributed by atoms with Crippen LogP contribution in [-0.2, 0) is 22.7 Å². The van der Waals surface area contributed by atoms with E-state index in [0.717, 1.165) is 22.8 Å². The first kappa shape index (κ1) is 18.4. The Morgan fingerprint density at radius 1 is 1.14 bits per heavy atom. The molecule has 1 saturated carbocycles. The van der Waals surface area contributed by atoms with Crippen molar-refractivity contribution in [1.29, 1.82) is 0 Å². The van der Waals surface area contributed by atoms with E-state index < -0.39 is 5.97 Å². The maximum absolute atomic E-state index is 10.8. The van der Waals surface area contributed by atoms with Crippen molar-refractivity contribution < 1.29 is 14.6 Å². The van der Waals surface area contributed by atoms with Gasteiger partial charge in [0.15, 0.2) is 5.16 Å². The molecule has 0 saturated heterocycles. The van der Waals surface area contributed by atoms with Gasteiger partial charge in [0.1, 0.15) is 5.82 Å². The lowest BCUT2D eigenvalue weighted by atomic mass is 9.99. The summed E-state index contributed by atoms with van der Waals surface area (Å²) in [5, 5.41) is 15.4. The van der Waals surface area contributed by atoms with Crippen LogP contribution in [0.15, 0.2) is 41.6 Å². The number of aliphatic carboxylic acids is 1. The SMILES string of the molecule is O=C(O)CCSc1nc2c(c(Nc3ccc(C4CC4)c4ccccc34)n1)COC2. The summed E-state index contributed by atoms with van der Waals surface area (Å²) >= 11 is 1.36. The predicted octanol–water partition coefficient (Wildman–Crippen LogP) is 4.85. The molecule has 1 aliphatic heterocycles. The molecule has 7 heteroatoms. The first-order valence-electron chi connectivity index (χ1n) is 9.80. The molecule has 5 rings (SSSR count). The number of nitrogens with zero attached hydrogens (tertiary/aromatic N) is 2. The minimum atomic E-state index is -0.817. The molecule has 1 fully saturated rings. The molecule has 2 N–H and O–H groups in total. The van der Waals surface area contributed by atoms with Gasteiger partial charge >= 0.3 is 5.97 Å². The van der Waals surface area contributed by atoms with Crippen LogP contribution < -0.4 is 5.32 Å². The third-order valence-electron chi connectivity index (χ3n) is 5.33. The number of carbonyl (C=O) groups is 1. The molecule has 0 radical (unpaired) electrons. The molecule has 2 aromatic carbocycles. The average molecular weight is 407 g/mol. The Morgan fingerprint density at radius 2 is 1.97 bits per heavy atom. The van der Waals surface area contributed by atoms with Gasteiger partial charge in [0.25, 0.3) is 0 Å². The number of aromatic nitrogens is 2. The summed E-state index contributed by atoms with van der Waals surface area (Å²) in [5.41, 5.74) is 4.29. The molecule has 0 bridgehead atoms. The highest BCUT2D eigenvalue weighted by atomic mass is 32.2. The van der Waals surface area contributed by atoms with Gasteiger partial charge in [-0.15, -0.1) is 0 Å². The fourth-order valence-corrected chi connectivity index (χ4v) is 4.53. The number of carboxylic acids is 1.